The lowest BCUT2D eigenvalue weighted by Gasteiger charge is -1.97. The third-order valence-corrected chi connectivity index (χ3v) is 1.24. The molecule has 1 N–H and O–H groups in total. The van der Waals surface area contributed by atoms with Gasteiger partial charge >= 0.3 is 5.97 Å². The van der Waals surface area contributed by atoms with Crippen LogP contribution in [0.2, 0.25) is 0 Å². The van der Waals surface area contributed by atoms with Gasteiger partial charge in [-0.05, 0) is 12.8 Å². The fourth-order valence-corrected chi connectivity index (χ4v) is 0.749. The second kappa shape index (κ2) is 2.16. The Bertz CT molecular complexity index is 192. The van der Waals surface area contributed by atoms with Crippen molar-refractivity contribution >= 4 is 5.97 Å². The molecule has 1 atom stereocenters. The molecule has 0 radical (unpaired) electrons. The fourth-order valence-electron chi connectivity index (χ4n) is 0.749. The van der Waals surface area contributed by atoms with Crippen LogP contribution in [0.3, 0.4) is 0 Å². The van der Waals surface area contributed by atoms with E-state index in [9.17, 15) is 4.79 Å². The molecular formula is C6H10O2. The quantitative estimate of drug-likeness (QED) is 0.561. The molecule has 1 aliphatic carbocycles. The molecule has 8 heavy (non-hydrogen) atoms. The molecule has 1 fully saturated rings. The summed E-state index contributed by atoms with van der Waals surface area (Å²) in [5.41, 5.74) is 0. The largest absolute Gasteiger partial charge is 0.481 e. The van der Waals surface area contributed by atoms with Gasteiger partial charge < -0.3 is 5.11 Å². The van der Waals surface area contributed by atoms with Crippen molar-refractivity contribution in [2.45, 2.75) is 25.6 Å². The zero-order chi connectivity index (χ0) is 8.70. The predicted molar refractivity (Wildman–Crippen MR) is 29.6 cm³/mol. The highest BCUT2D eigenvalue weighted by Crippen LogP contribution is 2.24. The van der Waals surface area contributed by atoms with E-state index in [2.05, 4.69) is 0 Å². The van der Waals surface area contributed by atoms with Crippen LogP contribution in [0, 0.1) is 5.89 Å². The van der Waals surface area contributed by atoms with Crippen molar-refractivity contribution in [2.75, 3.05) is 0 Å². The molecule has 0 aromatic carbocycles. The lowest BCUT2D eigenvalue weighted by Crippen LogP contribution is -2.07. The first-order valence-electron chi connectivity index (χ1n) is 4.09. The molecular weight excluding hydrogens is 104 g/mol. The van der Waals surface area contributed by atoms with E-state index < -0.39 is 18.2 Å². The molecule has 2 heteroatoms. The minimum absolute atomic E-state index is 0.120. The summed E-state index contributed by atoms with van der Waals surface area (Å²) in [5.74, 6) is -2.79. The highest BCUT2D eigenvalue weighted by atomic mass is 16.4. The first-order chi connectivity index (χ1) is 4.86. The van der Waals surface area contributed by atoms with Gasteiger partial charge in [0.1, 0.15) is 0 Å². The van der Waals surface area contributed by atoms with Gasteiger partial charge in [0.15, 0.2) is 0 Å². The molecule has 0 aliphatic heterocycles. The number of carbonyl (C=O) groups is 1. The van der Waals surface area contributed by atoms with Crippen molar-refractivity contribution in [2.24, 2.45) is 5.89 Å². The van der Waals surface area contributed by atoms with Crippen LogP contribution in [-0.2, 0) is 4.79 Å². The number of carboxylic acids is 1. The Labute approximate surface area is 52.7 Å². The molecule has 0 aromatic heterocycles. The van der Waals surface area contributed by atoms with Gasteiger partial charge in [0.2, 0.25) is 0 Å². The third-order valence-electron chi connectivity index (χ3n) is 1.24. The van der Waals surface area contributed by atoms with Gasteiger partial charge in [-0.3, -0.25) is 4.79 Å². The monoisotopic (exact) mass is 117 g/mol. The average Bonchev–Trinajstić information content (AvgIpc) is 2.08. The summed E-state index contributed by atoms with van der Waals surface area (Å²) in [6.07, 6.45) is -1.34. The number of hydrogen-bond donors (Lipinski definition) is 1. The summed E-state index contributed by atoms with van der Waals surface area (Å²) < 4.78 is 21.8. The first-order valence-corrected chi connectivity index (χ1v) is 2.59. The van der Waals surface area contributed by atoms with Gasteiger partial charge in [-0.15, -0.1) is 0 Å². The van der Waals surface area contributed by atoms with E-state index in [1.165, 1.54) is 0 Å². The van der Waals surface area contributed by atoms with E-state index in [1.807, 2.05) is 0 Å². The van der Waals surface area contributed by atoms with E-state index in [-0.39, 0.29) is 19.3 Å². The number of aliphatic carboxylic acids is 1. The van der Waals surface area contributed by atoms with Crippen LogP contribution in [0.4, 0.5) is 0 Å². The van der Waals surface area contributed by atoms with E-state index >= 15 is 0 Å². The third kappa shape index (κ3) is 0.997. The molecule has 1 rings (SSSR count). The summed E-state index contributed by atoms with van der Waals surface area (Å²) in [7, 11) is 0. The molecule has 0 heterocycles. The Morgan fingerprint density at radius 1 is 1.88 bits per heavy atom. The van der Waals surface area contributed by atoms with Crippen molar-refractivity contribution < 1.29 is 14.0 Å². The van der Waals surface area contributed by atoms with Crippen molar-refractivity contribution in [3.05, 3.63) is 0 Å². The van der Waals surface area contributed by atoms with Crippen molar-refractivity contribution in [3.63, 3.8) is 0 Å². The van der Waals surface area contributed by atoms with Crippen molar-refractivity contribution in [1.29, 1.82) is 0 Å². The Morgan fingerprint density at radius 3 is 2.88 bits per heavy atom. The SMILES string of the molecule is [2H]C1([2H])CCC([2H])(C(=O)O)C1. The zero-order valence-electron chi connectivity index (χ0n) is 7.48. The molecule has 2 nitrogen and oxygen atoms in total. The van der Waals surface area contributed by atoms with E-state index in [1.54, 1.807) is 0 Å². The van der Waals surface area contributed by atoms with Crippen LogP contribution in [0.15, 0.2) is 0 Å². The Morgan fingerprint density at radius 2 is 2.62 bits per heavy atom. The summed E-state index contributed by atoms with van der Waals surface area (Å²) in [4.78, 5) is 10.5. The Kier molecular flexibility index (Phi) is 0.770. The van der Waals surface area contributed by atoms with Crippen LogP contribution in [-0.4, -0.2) is 11.1 Å². The molecule has 0 amide bonds. The highest BCUT2D eigenvalue weighted by Gasteiger charge is 2.20. The molecule has 1 aliphatic rings. The number of carboxylic acid groups (broad SMARTS) is 1. The van der Waals surface area contributed by atoms with Gasteiger partial charge in [-0.1, -0.05) is 12.8 Å². The van der Waals surface area contributed by atoms with Crippen LogP contribution >= 0.6 is 0 Å². The minimum Gasteiger partial charge on any atom is -0.481 e. The summed E-state index contributed by atoms with van der Waals surface area (Å²) in [6, 6.07) is 0. The number of hydrogen-bond acceptors (Lipinski definition) is 1. The molecule has 0 spiro atoms. The fraction of sp³-hybridized carbons (Fsp3) is 0.833. The van der Waals surface area contributed by atoms with Gasteiger partial charge in [-0.2, -0.15) is 0 Å². The minimum atomic E-state index is -1.58. The van der Waals surface area contributed by atoms with Gasteiger partial charge in [-0.25, -0.2) is 0 Å². The maximum Gasteiger partial charge on any atom is 0.306 e. The summed E-state index contributed by atoms with van der Waals surface area (Å²) in [5, 5.41) is 8.55. The molecule has 0 aromatic rings. The molecule has 1 unspecified atom stereocenters. The smallest absolute Gasteiger partial charge is 0.306 e. The lowest BCUT2D eigenvalue weighted by atomic mass is 10.1. The maximum absolute atomic E-state index is 10.5. The molecule has 0 saturated heterocycles. The van der Waals surface area contributed by atoms with Gasteiger partial charge in [0, 0.05) is 4.11 Å². The molecule has 46 valence electrons. The van der Waals surface area contributed by atoms with Gasteiger partial charge in [0.25, 0.3) is 0 Å². The Hall–Kier alpha value is -0.530. The average molecular weight is 117 g/mol. The topological polar surface area (TPSA) is 37.3 Å². The van der Waals surface area contributed by atoms with Crippen LogP contribution in [0.1, 0.15) is 29.7 Å². The lowest BCUT2D eigenvalue weighted by molar-refractivity contribution is -0.141. The number of rotatable bonds is 1. The summed E-state index contributed by atoms with van der Waals surface area (Å²) >= 11 is 0. The predicted octanol–water partition coefficient (Wildman–Crippen LogP) is 1.26. The van der Waals surface area contributed by atoms with Crippen molar-refractivity contribution in [3.8, 4) is 0 Å². The van der Waals surface area contributed by atoms with E-state index in [0.717, 1.165) is 0 Å². The second-order valence-electron chi connectivity index (χ2n) is 1.84. The molecule has 1 saturated carbocycles. The normalized spacial score (nSPS) is 49.2. The van der Waals surface area contributed by atoms with Crippen molar-refractivity contribution in [1.82, 2.24) is 0 Å². The summed E-state index contributed by atoms with van der Waals surface area (Å²) in [6.45, 7) is 0. The van der Waals surface area contributed by atoms with Crippen LogP contribution < -0.4 is 0 Å². The molecule has 0 bridgehead atoms. The first kappa shape index (κ1) is 2.85. The van der Waals surface area contributed by atoms with Crippen LogP contribution in [0.5, 0.6) is 0 Å². The highest BCUT2D eigenvalue weighted by molar-refractivity contribution is 5.70. The van der Waals surface area contributed by atoms with E-state index in [4.69, 9.17) is 9.22 Å². The second-order valence-corrected chi connectivity index (χ2v) is 1.84. The standard InChI is InChI=1S/C6H10O2/c7-6(8)5-3-1-2-4-5/h5H,1-4H2,(H,7,8)/i1D2,5D. The van der Waals surface area contributed by atoms with Crippen LogP contribution in [0.25, 0.3) is 0 Å². The zero-order valence-corrected chi connectivity index (χ0v) is 4.48. The maximum atomic E-state index is 10.5. The Balaban J connectivity index is 2.73. The van der Waals surface area contributed by atoms with E-state index in [0.29, 0.717) is 0 Å². The van der Waals surface area contributed by atoms with Gasteiger partial charge in [0.05, 0.1) is 5.89 Å².